The van der Waals surface area contributed by atoms with E-state index in [0.29, 0.717) is 5.41 Å². The van der Waals surface area contributed by atoms with Crippen molar-refractivity contribution in [3.05, 3.63) is 0 Å². The lowest BCUT2D eigenvalue weighted by molar-refractivity contribution is -0.0809. The molecule has 0 amide bonds. The van der Waals surface area contributed by atoms with Gasteiger partial charge in [0, 0.05) is 45.8 Å². The smallest absolute Gasteiger partial charge is 0.0267 e. The summed E-state index contributed by atoms with van der Waals surface area (Å²) in [5, 5.41) is 5.16. The third-order valence-corrected chi connectivity index (χ3v) is 5.91. The van der Waals surface area contributed by atoms with Crippen LogP contribution in [0.4, 0.5) is 0 Å². The van der Waals surface area contributed by atoms with Gasteiger partial charge < -0.3 is 9.80 Å². The Balaban J connectivity index is 0. The lowest BCUT2D eigenvalue weighted by atomic mass is 9.86. The van der Waals surface area contributed by atoms with Crippen LogP contribution in [0.2, 0.25) is 0 Å². The van der Waals surface area contributed by atoms with Crippen LogP contribution in [-0.2, 0) is 0 Å². The fraction of sp³-hybridized carbons (Fsp3) is 1.00. The van der Waals surface area contributed by atoms with Crippen LogP contribution < -0.4 is 0 Å². The Morgan fingerprint density at radius 2 is 1.24 bits per heavy atom. The van der Waals surface area contributed by atoms with Gasteiger partial charge in [-0.1, -0.05) is 75.7 Å². The molecule has 0 aromatic heterocycles. The summed E-state index contributed by atoms with van der Waals surface area (Å²) in [4.78, 5) is 5.26. The Kier molecular flexibility index (Phi) is 19.9. The Morgan fingerprint density at radius 1 is 0.759 bits per heavy atom. The Hall–Kier alpha value is -0.160. The molecule has 0 spiro atoms. The summed E-state index contributed by atoms with van der Waals surface area (Å²) in [6, 6.07) is 0.744. The van der Waals surface area contributed by atoms with E-state index in [4.69, 9.17) is 0 Å². The molecular weight excluding hydrogens is 356 g/mol. The van der Waals surface area contributed by atoms with Crippen molar-refractivity contribution < 1.29 is 0 Å². The molecular formula is C25H58N4. The standard InChI is InChI=1S/C19H40N4.3C2H6/c1-6-10-19(3,4)17-22-11-8-18(9-12-22)20(5)23-15-13-21(7-2)14-16-23;3*1-2/h18H,6-17H2,1-5H3;3*1-2H3. The van der Waals surface area contributed by atoms with Crippen molar-refractivity contribution in [1.29, 1.82) is 0 Å². The summed E-state index contributed by atoms with van der Waals surface area (Å²) in [6.45, 7) is 31.3. The van der Waals surface area contributed by atoms with Crippen LogP contribution in [0.5, 0.6) is 0 Å². The van der Waals surface area contributed by atoms with Crippen molar-refractivity contribution in [3.63, 3.8) is 0 Å². The Bertz CT molecular complexity index is 330. The highest BCUT2D eigenvalue weighted by atomic mass is 15.6. The van der Waals surface area contributed by atoms with Crippen LogP contribution in [0.25, 0.3) is 0 Å². The summed E-state index contributed by atoms with van der Waals surface area (Å²) in [5.41, 5.74) is 0.476. The molecule has 2 aliphatic heterocycles. The van der Waals surface area contributed by atoms with Gasteiger partial charge >= 0.3 is 0 Å². The molecule has 29 heavy (non-hydrogen) atoms. The van der Waals surface area contributed by atoms with Gasteiger partial charge in [0.1, 0.15) is 0 Å². The topological polar surface area (TPSA) is 13.0 Å². The Labute approximate surface area is 186 Å². The number of piperidine rings is 1. The monoisotopic (exact) mass is 414 g/mol. The maximum atomic E-state index is 2.70. The third kappa shape index (κ3) is 12.3. The van der Waals surface area contributed by atoms with Crippen molar-refractivity contribution in [3.8, 4) is 0 Å². The quantitative estimate of drug-likeness (QED) is 0.519. The van der Waals surface area contributed by atoms with E-state index < -0.39 is 0 Å². The van der Waals surface area contributed by atoms with E-state index in [-0.39, 0.29) is 0 Å². The molecule has 0 atom stereocenters. The average Bonchev–Trinajstić information content (AvgIpc) is 2.77. The predicted molar refractivity (Wildman–Crippen MR) is 134 cm³/mol. The van der Waals surface area contributed by atoms with E-state index in [1.165, 1.54) is 78.0 Å². The number of hydrogen-bond donors (Lipinski definition) is 0. The number of nitrogens with zero attached hydrogens (tertiary/aromatic N) is 4. The maximum Gasteiger partial charge on any atom is 0.0267 e. The van der Waals surface area contributed by atoms with Gasteiger partial charge in [-0.3, -0.25) is 0 Å². The number of hydrogen-bond acceptors (Lipinski definition) is 4. The minimum atomic E-state index is 0.476. The first-order chi connectivity index (χ1) is 13.9. The SMILES string of the molecule is CC.CC.CC.CCCC(C)(C)CN1CCC(N(C)N2CCN(CC)CC2)CC1. The summed E-state index contributed by atoms with van der Waals surface area (Å²) in [5.74, 6) is 0. The first kappa shape index (κ1) is 31.0. The van der Waals surface area contributed by atoms with Gasteiger partial charge in [0.25, 0.3) is 0 Å². The average molecular weight is 415 g/mol. The fourth-order valence-corrected chi connectivity index (χ4v) is 4.41. The van der Waals surface area contributed by atoms with E-state index in [1.54, 1.807) is 0 Å². The van der Waals surface area contributed by atoms with Crippen molar-refractivity contribution in [2.45, 2.75) is 101 Å². The van der Waals surface area contributed by atoms with Gasteiger partial charge in [-0.15, -0.1) is 0 Å². The van der Waals surface area contributed by atoms with E-state index in [1.807, 2.05) is 41.5 Å². The molecule has 2 saturated heterocycles. The summed E-state index contributed by atoms with van der Waals surface area (Å²) in [7, 11) is 2.32. The summed E-state index contributed by atoms with van der Waals surface area (Å²) < 4.78 is 0. The van der Waals surface area contributed by atoms with Crippen LogP contribution in [0.15, 0.2) is 0 Å². The molecule has 0 aliphatic carbocycles. The van der Waals surface area contributed by atoms with Crippen LogP contribution in [-0.4, -0.2) is 85.3 Å². The minimum Gasteiger partial charge on any atom is -0.303 e. The lowest BCUT2D eigenvalue weighted by Crippen LogP contribution is -2.57. The van der Waals surface area contributed by atoms with Gasteiger partial charge in [0.2, 0.25) is 0 Å². The molecule has 0 radical (unpaired) electrons. The van der Waals surface area contributed by atoms with Crippen LogP contribution in [0.1, 0.15) is 94.9 Å². The van der Waals surface area contributed by atoms with Gasteiger partial charge in [-0.05, 0) is 44.3 Å². The van der Waals surface area contributed by atoms with E-state index >= 15 is 0 Å². The van der Waals surface area contributed by atoms with Crippen molar-refractivity contribution in [1.82, 2.24) is 19.8 Å². The zero-order valence-electron chi connectivity index (χ0n) is 22.4. The third-order valence-electron chi connectivity index (χ3n) is 5.91. The second-order valence-corrected chi connectivity index (χ2v) is 8.38. The van der Waals surface area contributed by atoms with Gasteiger partial charge in [0.15, 0.2) is 0 Å². The molecule has 2 heterocycles. The second kappa shape index (κ2) is 18.6. The maximum absolute atomic E-state index is 2.70. The highest BCUT2D eigenvalue weighted by molar-refractivity contribution is 4.82. The molecule has 4 heteroatoms. The van der Waals surface area contributed by atoms with Crippen LogP contribution in [0.3, 0.4) is 0 Å². The van der Waals surface area contributed by atoms with E-state index in [0.717, 1.165) is 6.04 Å². The second-order valence-electron chi connectivity index (χ2n) is 8.38. The van der Waals surface area contributed by atoms with Crippen LogP contribution in [0, 0.1) is 5.41 Å². The molecule has 2 rings (SSSR count). The van der Waals surface area contributed by atoms with Crippen molar-refractivity contribution in [2.24, 2.45) is 5.41 Å². The molecule has 0 aromatic carbocycles. The normalized spacial score (nSPS) is 19.4. The first-order valence-electron chi connectivity index (χ1n) is 12.9. The Morgan fingerprint density at radius 3 is 1.66 bits per heavy atom. The largest absolute Gasteiger partial charge is 0.303 e. The van der Waals surface area contributed by atoms with Crippen molar-refractivity contribution >= 4 is 0 Å². The van der Waals surface area contributed by atoms with Crippen molar-refractivity contribution in [2.75, 3.05) is 59.4 Å². The van der Waals surface area contributed by atoms with Gasteiger partial charge in [-0.2, -0.15) is 0 Å². The molecule has 2 aliphatic rings. The first-order valence-corrected chi connectivity index (χ1v) is 12.9. The predicted octanol–water partition coefficient (Wildman–Crippen LogP) is 5.84. The fourth-order valence-electron chi connectivity index (χ4n) is 4.41. The molecule has 0 bridgehead atoms. The minimum absolute atomic E-state index is 0.476. The van der Waals surface area contributed by atoms with E-state index in [2.05, 4.69) is 54.6 Å². The number of likely N-dealkylation sites (tertiary alicyclic amines) is 1. The molecule has 2 fully saturated rings. The molecule has 0 unspecified atom stereocenters. The molecule has 0 aromatic rings. The van der Waals surface area contributed by atoms with Gasteiger partial charge in [-0.25, -0.2) is 10.0 Å². The summed E-state index contributed by atoms with van der Waals surface area (Å²) >= 11 is 0. The highest BCUT2D eigenvalue weighted by Gasteiger charge is 2.29. The summed E-state index contributed by atoms with van der Waals surface area (Å²) in [6.07, 6.45) is 5.30. The van der Waals surface area contributed by atoms with E-state index in [9.17, 15) is 0 Å². The number of piperazine rings is 1. The zero-order valence-corrected chi connectivity index (χ0v) is 22.4. The number of hydrazine groups is 1. The molecule has 0 saturated carbocycles. The molecule has 178 valence electrons. The number of rotatable bonds is 7. The molecule has 4 nitrogen and oxygen atoms in total. The lowest BCUT2D eigenvalue weighted by Gasteiger charge is -2.46. The zero-order chi connectivity index (χ0) is 22.9. The molecule has 0 N–H and O–H groups in total. The van der Waals surface area contributed by atoms with Crippen LogP contribution >= 0.6 is 0 Å². The highest BCUT2D eigenvalue weighted by Crippen LogP contribution is 2.26. The number of likely N-dealkylation sites (N-methyl/N-ethyl adjacent to an activating group) is 1. The van der Waals surface area contributed by atoms with Gasteiger partial charge in [0.05, 0.1) is 0 Å².